The van der Waals surface area contributed by atoms with Crippen LogP contribution < -0.4 is 16.2 Å². The number of aromatic nitrogens is 1. The molecule has 1 atom stereocenters. The lowest BCUT2D eigenvalue weighted by Crippen LogP contribution is -2.30. The molecule has 1 aromatic heterocycles. The molecule has 0 aliphatic carbocycles. The first kappa shape index (κ1) is 24.4. The van der Waals surface area contributed by atoms with Gasteiger partial charge in [-0.05, 0) is 42.5 Å². The van der Waals surface area contributed by atoms with Crippen LogP contribution in [-0.4, -0.2) is 18.9 Å². The zero-order chi connectivity index (χ0) is 24.8. The number of nitrogens with two attached hydrogens (primary N) is 1. The monoisotopic (exact) mass is 493 g/mol. The van der Waals surface area contributed by atoms with E-state index in [0.717, 1.165) is 24.8 Å². The molecule has 3 N–H and O–H groups in total. The molecule has 0 saturated carbocycles. The van der Waals surface area contributed by atoms with Gasteiger partial charge in [-0.25, -0.2) is 18.4 Å². The Kier molecular flexibility index (Phi) is 7.48. The fraction of sp³-hybridized carbons (Fsp3) is 0.231. The van der Waals surface area contributed by atoms with E-state index in [1.54, 1.807) is 0 Å². The Balaban J connectivity index is 1.42. The van der Waals surface area contributed by atoms with Gasteiger partial charge in [0.05, 0.1) is 16.5 Å². The second-order valence-electron chi connectivity index (χ2n) is 8.35. The van der Waals surface area contributed by atoms with Crippen molar-refractivity contribution in [2.75, 3.05) is 0 Å². The number of fused-ring (bicyclic) bond motifs is 1. The molecule has 3 aromatic carbocycles. The van der Waals surface area contributed by atoms with Crippen molar-refractivity contribution in [3.63, 3.8) is 0 Å². The summed E-state index contributed by atoms with van der Waals surface area (Å²) >= 11 is 0. The molecule has 0 saturated heterocycles. The summed E-state index contributed by atoms with van der Waals surface area (Å²) in [6, 6.07) is 23.8. The fourth-order valence-electron chi connectivity index (χ4n) is 4.08. The third-order valence-electron chi connectivity index (χ3n) is 5.87. The van der Waals surface area contributed by atoms with Gasteiger partial charge in [-0.3, -0.25) is 9.36 Å². The van der Waals surface area contributed by atoms with Gasteiger partial charge in [0.2, 0.25) is 15.9 Å². The minimum Gasteiger partial charge on any atom is -0.408 e. The Morgan fingerprint density at radius 1 is 1.00 bits per heavy atom. The van der Waals surface area contributed by atoms with E-state index in [9.17, 15) is 18.0 Å². The van der Waals surface area contributed by atoms with Crippen molar-refractivity contribution in [2.45, 2.75) is 43.2 Å². The van der Waals surface area contributed by atoms with Crippen molar-refractivity contribution < 1.29 is 17.6 Å². The summed E-state index contributed by atoms with van der Waals surface area (Å²) in [6.07, 6.45) is 2.65. The number of sulfonamides is 1. The summed E-state index contributed by atoms with van der Waals surface area (Å²) in [6.45, 7) is 0.0952. The number of rotatable bonds is 10. The summed E-state index contributed by atoms with van der Waals surface area (Å²) in [4.78, 5) is 25.0. The molecular weight excluding hydrogens is 466 g/mol. The lowest BCUT2D eigenvalue weighted by atomic mass is 9.99. The number of aryl methyl sites for hydroxylation is 2. The Hall–Kier alpha value is -3.69. The highest BCUT2D eigenvalue weighted by molar-refractivity contribution is 7.89. The van der Waals surface area contributed by atoms with Crippen LogP contribution in [0.2, 0.25) is 0 Å². The molecule has 4 rings (SSSR count). The third kappa shape index (κ3) is 6.26. The minimum atomic E-state index is -3.92. The number of nitrogens with zero attached hydrogens (tertiary/aromatic N) is 1. The van der Waals surface area contributed by atoms with Crippen LogP contribution in [0.15, 0.2) is 93.0 Å². The van der Waals surface area contributed by atoms with Gasteiger partial charge in [0.15, 0.2) is 5.58 Å². The molecule has 8 nitrogen and oxygen atoms in total. The second kappa shape index (κ2) is 10.7. The van der Waals surface area contributed by atoms with Gasteiger partial charge in [0.1, 0.15) is 0 Å². The standard InChI is InChI=1S/C26H27N3O5S/c27-35(32,33)21-14-15-23-24(18-21)34-26(31)29(23)17-16-25(30)28-22(20-11-5-2-6-12-20)13-7-10-19-8-3-1-4-9-19/h1-6,8-9,11-12,14-15,18,22H,7,10,13,16-17H2,(H,28,30)(H2,27,32,33)/t22-/m1/s1. The van der Waals surface area contributed by atoms with E-state index in [-0.39, 0.29) is 35.4 Å². The van der Waals surface area contributed by atoms with Crippen molar-refractivity contribution in [2.24, 2.45) is 5.14 Å². The second-order valence-corrected chi connectivity index (χ2v) is 9.91. The van der Waals surface area contributed by atoms with Crippen LogP contribution in [0, 0.1) is 0 Å². The van der Waals surface area contributed by atoms with Crippen LogP contribution in [0.5, 0.6) is 0 Å². The Labute approximate surface area is 203 Å². The molecule has 4 aromatic rings. The summed E-state index contributed by atoms with van der Waals surface area (Å²) < 4.78 is 29.6. The fourth-order valence-corrected chi connectivity index (χ4v) is 4.61. The van der Waals surface area contributed by atoms with E-state index in [2.05, 4.69) is 17.4 Å². The summed E-state index contributed by atoms with van der Waals surface area (Å²) in [5.74, 6) is -0.859. The summed E-state index contributed by atoms with van der Waals surface area (Å²) in [5, 5.41) is 8.24. The van der Waals surface area contributed by atoms with Crippen molar-refractivity contribution >= 4 is 27.0 Å². The summed E-state index contributed by atoms with van der Waals surface area (Å²) in [7, 11) is -3.92. The van der Waals surface area contributed by atoms with Crippen molar-refractivity contribution in [1.82, 2.24) is 9.88 Å². The van der Waals surface area contributed by atoms with E-state index in [4.69, 9.17) is 9.56 Å². The SMILES string of the molecule is NS(=O)(=O)c1ccc2c(c1)oc(=O)n2CCC(=O)N[C@H](CCCc1ccccc1)c1ccccc1. The third-order valence-corrected chi connectivity index (χ3v) is 6.78. The molecule has 35 heavy (non-hydrogen) atoms. The van der Waals surface area contributed by atoms with Gasteiger partial charge in [0, 0.05) is 19.0 Å². The number of amides is 1. The maximum absolute atomic E-state index is 12.8. The molecule has 1 amide bonds. The molecule has 182 valence electrons. The smallest absolute Gasteiger partial charge is 0.408 e. The van der Waals surface area contributed by atoms with Crippen molar-refractivity contribution in [3.8, 4) is 0 Å². The lowest BCUT2D eigenvalue weighted by molar-refractivity contribution is -0.122. The molecule has 0 fully saturated rings. The lowest BCUT2D eigenvalue weighted by Gasteiger charge is -2.19. The van der Waals surface area contributed by atoms with Crippen LogP contribution >= 0.6 is 0 Å². The first-order valence-electron chi connectivity index (χ1n) is 11.4. The van der Waals surface area contributed by atoms with Gasteiger partial charge >= 0.3 is 5.76 Å². The van der Waals surface area contributed by atoms with Crippen molar-refractivity contribution in [3.05, 3.63) is 101 Å². The van der Waals surface area contributed by atoms with E-state index >= 15 is 0 Å². The number of nitrogens with one attached hydrogen (secondary N) is 1. The van der Waals surface area contributed by atoms with Gasteiger partial charge in [0.25, 0.3) is 0 Å². The molecular formula is C26H27N3O5S. The quantitative estimate of drug-likeness (QED) is 0.350. The van der Waals surface area contributed by atoms with E-state index in [1.165, 1.54) is 28.3 Å². The van der Waals surface area contributed by atoms with Gasteiger partial charge < -0.3 is 9.73 Å². The highest BCUT2D eigenvalue weighted by Gasteiger charge is 2.17. The van der Waals surface area contributed by atoms with Gasteiger partial charge in [-0.1, -0.05) is 60.7 Å². The molecule has 9 heteroatoms. The molecule has 0 aliphatic heterocycles. The predicted octanol–water partition coefficient (Wildman–Crippen LogP) is 3.51. The maximum atomic E-state index is 12.8. The van der Waals surface area contributed by atoms with Crippen LogP contribution in [0.4, 0.5) is 0 Å². The number of hydrogen-bond acceptors (Lipinski definition) is 5. The van der Waals surface area contributed by atoms with Gasteiger partial charge in [-0.2, -0.15) is 0 Å². The van der Waals surface area contributed by atoms with Crippen LogP contribution in [-0.2, 0) is 27.8 Å². The zero-order valence-electron chi connectivity index (χ0n) is 19.1. The maximum Gasteiger partial charge on any atom is 0.419 e. The van der Waals surface area contributed by atoms with E-state index in [0.29, 0.717) is 5.52 Å². The number of carbonyl (C=O) groups is 1. The molecule has 1 heterocycles. The van der Waals surface area contributed by atoms with Crippen LogP contribution in [0.3, 0.4) is 0 Å². The normalized spacial score (nSPS) is 12.5. The molecule has 0 aliphatic rings. The largest absolute Gasteiger partial charge is 0.419 e. The number of benzene rings is 3. The highest BCUT2D eigenvalue weighted by atomic mass is 32.2. The average molecular weight is 494 g/mol. The van der Waals surface area contributed by atoms with Gasteiger partial charge in [-0.15, -0.1) is 0 Å². The number of primary sulfonamides is 1. The minimum absolute atomic E-state index is 0.0630. The van der Waals surface area contributed by atoms with Crippen molar-refractivity contribution in [1.29, 1.82) is 0 Å². The number of hydrogen-bond donors (Lipinski definition) is 2. The molecule has 0 bridgehead atoms. The Morgan fingerprint density at radius 3 is 2.37 bits per heavy atom. The first-order chi connectivity index (χ1) is 16.8. The van der Waals surface area contributed by atoms with E-state index < -0.39 is 15.8 Å². The van der Waals surface area contributed by atoms with E-state index in [1.807, 2.05) is 48.5 Å². The predicted molar refractivity (Wildman–Crippen MR) is 133 cm³/mol. The number of oxazole rings is 1. The highest BCUT2D eigenvalue weighted by Crippen LogP contribution is 2.21. The zero-order valence-corrected chi connectivity index (χ0v) is 19.9. The Morgan fingerprint density at radius 2 is 1.69 bits per heavy atom. The molecule has 0 radical (unpaired) electrons. The molecule has 0 spiro atoms. The number of carbonyl (C=O) groups excluding carboxylic acids is 1. The van der Waals surface area contributed by atoms with Crippen LogP contribution in [0.1, 0.15) is 36.4 Å². The Bertz CT molecular complexity index is 1460. The topological polar surface area (TPSA) is 124 Å². The first-order valence-corrected chi connectivity index (χ1v) is 12.9. The molecule has 0 unspecified atom stereocenters. The van der Waals surface area contributed by atoms with Crippen LogP contribution in [0.25, 0.3) is 11.1 Å². The average Bonchev–Trinajstić information content (AvgIpc) is 3.17. The summed E-state index contributed by atoms with van der Waals surface area (Å²) in [5.41, 5.74) is 2.78.